The van der Waals surface area contributed by atoms with Gasteiger partial charge >= 0.3 is 0 Å². The zero-order valence-corrected chi connectivity index (χ0v) is 12.4. The molecule has 2 atom stereocenters. The van der Waals surface area contributed by atoms with Gasteiger partial charge in [0.2, 0.25) is 0 Å². The molecule has 0 aromatic heterocycles. The quantitative estimate of drug-likeness (QED) is 0.885. The summed E-state index contributed by atoms with van der Waals surface area (Å²) in [6.45, 7) is 3.89. The van der Waals surface area contributed by atoms with Gasteiger partial charge < -0.3 is 10.4 Å². The topological polar surface area (TPSA) is 49.3 Å². The van der Waals surface area contributed by atoms with Crippen molar-refractivity contribution in [1.29, 1.82) is 0 Å². The lowest BCUT2D eigenvalue weighted by Crippen LogP contribution is -2.33. The molecule has 0 aliphatic heterocycles. The highest BCUT2D eigenvalue weighted by Gasteiger charge is 2.15. The van der Waals surface area contributed by atoms with Crippen molar-refractivity contribution in [2.45, 2.75) is 32.4 Å². The Labute approximate surface area is 125 Å². The van der Waals surface area contributed by atoms with Crippen LogP contribution < -0.4 is 5.32 Å². The maximum atomic E-state index is 12.1. The molecule has 2 rings (SSSR count). The molecule has 0 saturated carbocycles. The number of benzene rings is 2. The van der Waals surface area contributed by atoms with Crippen LogP contribution in [0.25, 0.3) is 0 Å². The van der Waals surface area contributed by atoms with E-state index in [1.54, 1.807) is 0 Å². The van der Waals surface area contributed by atoms with Crippen molar-refractivity contribution in [3.05, 3.63) is 71.3 Å². The van der Waals surface area contributed by atoms with Crippen LogP contribution in [0.3, 0.4) is 0 Å². The Morgan fingerprint density at radius 3 is 2.33 bits per heavy atom. The van der Waals surface area contributed by atoms with Gasteiger partial charge in [-0.2, -0.15) is 0 Å². The molecule has 0 fully saturated rings. The second kappa shape index (κ2) is 7.04. The average Bonchev–Trinajstić information content (AvgIpc) is 2.48. The van der Waals surface area contributed by atoms with E-state index in [0.717, 1.165) is 11.1 Å². The van der Waals surface area contributed by atoms with E-state index in [2.05, 4.69) is 5.32 Å². The summed E-state index contributed by atoms with van der Waals surface area (Å²) < 4.78 is 0. The molecule has 1 amide bonds. The van der Waals surface area contributed by atoms with Crippen LogP contribution in [0.4, 0.5) is 0 Å². The number of aliphatic hydroxyl groups excluding tert-OH is 1. The standard InChI is InChI=1S/C18H21NO2/c1-13-8-10-16(11-9-13)18(21)19-14(2)12-17(20)15-6-4-3-5-7-15/h3-11,14,17,20H,12H2,1-2H3,(H,19,21)/t14-,17+/m0/s1. The number of hydrogen-bond donors (Lipinski definition) is 2. The minimum atomic E-state index is -0.570. The summed E-state index contributed by atoms with van der Waals surface area (Å²) in [5, 5.41) is 13.1. The first-order chi connectivity index (χ1) is 10.1. The van der Waals surface area contributed by atoms with E-state index in [4.69, 9.17) is 0 Å². The number of amides is 1. The van der Waals surface area contributed by atoms with E-state index in [1.165, 1.54) is 0 Å². The van der Waals surface area contributed by atoms with Gasteiger partial charge in [0.15, 0.2) is 0 Å². The third-order valence-corrected chi connectivity index (χ3v) is 3.45. The fraction of sp³-hybridized carbons (Fsp3) is 0.278. The van der Waals surface area contributed by atoms with Crippen LogP contribution in [0.1, 0.15) is 40.9 Å². The molecule has 110 valence electrons. The second-order valence-corrected chi connectivity index (χ2v) is 5.40. The van der Waals surface area contributed by atoms with E-state index in [1.807, 2.05) is 68.4 Å². The molecule has 0 bridgehead atoms. The molecule has 2 aromatic carbocycles. The zero-order chi connectivity index (χ0) is 15.2. The summed E-state index contributed by atoms with van der Waals surface area (Å²) in [6.07, 6.45) is -0.0822. The molecular weight excluding hydrogens is 262 g/mol. The van der Waals surface area contributed by atoms with Crippen LogP contribution in [-0.4, -0.2) is 17.1 Å². The molecule has 3 heteroatoms. The minimum Gasteiger partial charge on any atom is -0.388 e. The zero-order valence-electron chi connectivity index (χ0n) is 12.4. The molecule has 0 heterocycles. The minimum absolute atomic E-state index is 0.103. The predicted molar refractivity (Wildman–Crippen MR) is 84.1 cm³/mol. The summed E-state index contributed by atoms with van der Waals surface area (Å²) in [6, 6.07) is 16.8. The van der Waals surface area contributed by atoms with E-state index in [-0.39, 0.29) is 11.9 Å². The lowest BCUT2D eigenvalue weighted by molar-refractivity contribution is 0.0917. The van der Waals surface area contributed by atoms with E-state index >= 15 is 0 Å². The van der Waals surface area contributed by atoms with Crippen molar-refractivity contribution in [1.82, 2.24) is 5.32 Å². The number of aliphatic hydroxyl groups is 1. The SMILES string of the molecule is Cc1ccc(C(=O)N[C@@H](C)C[C@@H](O)c2ccccc2)cc1. The van der Waals surface area contributed by atoms with E-state index in [0.29, 0.717) is 12.0 Å². The van der Waals surface area contributed by atoms with Gasteiger partial charge in [-0.3, -0.25) is 4.79 Å². The maximum absolute atomic E-state index is 12.1. The Morgan fingerprint density at radius 1 is 1.10 bits per heavy atom. The van der Waals surface area contributed by atoms with Gasteiger partial charge in [-0.25, -0.2) is 0 Å². The normalized spacial score (nSPS) is 13.5. The van der Waals surface area contributed by atoms with Crippen LogP contribution in [0, 0.1) is 6.92 Å². The third-order valence-electron chi connectivity index (χ3n) is 3.45. The highest BCUT2D eigenvalue weighted by Crippen LogP contribution is 2.17. The molecule has 2 N–H and O–H groups in total. The number of carbonyl (C=O) groups excluding carboxylic acids is 1. The fourth-order valence-corrected chi connectivity index (χ4v) is 2.22. The first-order valence-electron chi connectivity index (χ1n) is 7.17. The summed E-state index contributed by atoms with van der Waals surface area (Å²) in [5.74, 6) is -0.109. The smallest absolute Gasteiger partial charge is 0.251 e. The summed E-state index contributed by atoms with van der Waals surface area (Å²) in [5.41, 5.74) is 2.63. The lowest BCUT2D eigenvalue weighted by Gasteiger charge is -2.18. The summed E-state index contributed by atoms with van der Waals surface area (Å²) >= 11 is 0. The fourth-order valence-electron chi connectivity index (χ4n) is 2.22. The van der Waals surface area contributed by atoms with Gasteiger partial charge in [-0.05, 0) is 38.0 Å². The molecule has 0 spiro atoms. The van der Waals surface area contributed by atoms with Crippen molar-refractivity contribution < 1.29 is 9.90 Å². The molecule has 0 aliphatic rings. The Hall–Kier alpha value is -2.13. The number of aryl methyl sites for hydroxylation is 1. The number of rotatable bonds is 5. The maximum Gasteiger partial charge on any atom is 0.251 e. The lowest BCUT2D eigenvalue weighted by atomic mass is 10.0. The highest BCUT2D eigenvalue weighted by atomic mass is 16.3. The number of hydrogen-bond acceptors (Lipinski definition) is 2. The van der Waals surface area contributed by atoms with Gasteiger partial charge in [0.1, 0.15) is 0 Å². The van der Waals surface area contributed by atoms with Crippen LogP contribution in [0.15, 0.2) is 54.6 Å². The van der Waals surface area contributed by atoms with Gasteiger partial charge in [0.05, 0.1) is 6.10 Å². The van der Waals surface area contributed by atoms with Crippen molar-refractivity contribution in [2.75, 3.05) is 0 Å². The number of carbonyl (C=O) groups is 1. The average molecular weight is 283 g/mol. The predicted octanol–water partition coefficient (Wildman–Crippen LogP) is 3.24. The Bertz CT molecular complexity index is 578. The van der Waals surface area contributed by atoms with Crippen LogP contribution in [0.2, 0.25) is 0 Å². The van der Waals surface area contributed by atoms with E-state index < -0.39 is 6.10 Å². The van der Waals surface area contributed by atoms with Gasteiger partial charge in [-0.1, -0.05) is 48.0 Å². The molecule has 21 heavy (non-hydrogen) atoms. The largest absolute Gasteiger partial charge is 0.388 e. The van der Waals surface area contributed by atoms with Crippen LogP contribution in [-0.2, 0) is 0 Å². The Morgan fingerprint density at radius 2 is 1.71 bits per heavy atom. The summed E-state index contributed by atoms with van der Waals surface area (Å²) in [7, 11) is 0. The van der Waals surface area contributed by atoms with Crippen molar-refractivity contribution in [3.63, 3.8) is 0 Å². The first-order valence-corrected chi connectivity index (χ1v) is 7.17. The van der Waals surface area contributed by atoms with Gasteiger partial charge in [0, 0.05) is 11.6 Å². The van der Waals surface area contributed by atoms with E-state index in [9.17, 15) is 9.90 Å². The first kappa shape index (κ1) is 15.3. The Kier molecular flexibility index (Phi) is 5.12. The van der Waals surface area contributed by atoms with Crippen LogP contribution in [0.5, 0.6) is 0 Å². The molecule has 0 aliphatic carbocycles. The molecular formula is C18H21NO2. The van der Waals surface area contributed by atoms with Crippen molar-refractivity contribution in [3.8, 4) is 0 Å². The van der Waals surface area contributed by atoms with Gasteiger partial charge in [-0.15, -0.1) is 0 Å². The summed E-state index contributed by atoms with van der Waals surface area (Å²) in [4.78, 5) is 12.1. The Balaban J connectivity index is 1.91. The van der Waals surface area contributed by atoms with Crippen molar-refractivity contribution in [2.24, 2.45) is 0 Å². The third kappa shape index (κ3) is 4.43. The molecule has 2 aromatic rings. The van der Waals surface area contributed by atoms with Crippen LogP contribution >= 0.6 is 0 Å². The molecule has 0 unspecified atom stereocenters. The second-order valence-electron chi connectivity index (χ2n) is 5.40. The van der Waals surface area contributed by atoms with Crippen molar-refractivity contribution >= 4 is 5.91 Å². The molecule has 0 saturated heterocycles. The van der Waals surface area contributed by atoms with Gasteiger partial charge in [0.25, 0.3) is 5.91 Å². The number of nitrogens with one attached hydrogen (secondary N) is 1. The molecule has 3 nitrogen and oxygen atoms in total. The highest BCUT2D eigenvalue weighted by molar-refractivity contribution is 5.94. The monoisotopic (exact) mass is 283 g/mol. The molecule has 0 radical (unpaired) electrons.